The summed E-state index contributed by atoms with van der Waals surface area (Å²) in [5.41, 5.74) is 1.14. The van der Waals surface area contributed by atoms with E-state index >= 15 is 0 Å². The molecule has 1 amide bonds. The predicted molar refractivity (Wildman–Crippen MR) is 61.5 cm³/mol. The van der Waals surface area contributed by atoms with Gasteiger partial charge in [0.15, 0.2) is 0 Å². The highest BCUT2D eigenvalue weighted by Crippen LogP contribution is 2.68. The van der Waals surface area contributed by atoms with Crippen LogP contribution in [0.4, 0.5) is 0 Å². The first-order valence-corrected chi connectivity index (χ1v) is 5.63. The fraction of sp³-hybridized carbons (Fsp3) is 0.667. The van der Waals surface area contributed by atoms with Gasteiger partial charge in [-0.3, -0.25) is 9.89 Å². The quantitative estimate of drug-likeness (QED) is 0.816. The minimum absolute atomic E-state index is 0.102. The van der Waals surface area contributed by atoms with Gasteiger partial charge in [-0.2, -0.15) is 5.10 Å². The Bertz CT molecular complexity index is 378. The molecule has 0 aliphatic heterocycles. The highest BCUT2D eigenvalue weighted by Gasteiger charge is 2.68. The Morgan fingerprint density at radius 1 is 1.44 bits per heavy atom. The normalized spacial score (nSPS) is 21.8. The first-order valence-electron chi connectivity index (χ1n) is 5.63. The third-order valence-corrected chi connectivity index (χ3v) is 4.29. The second-order valence-corrected chi connectivity index (χ2v) is 5.68. The number of nitrogens with zero attached hydrogens (tertiary/aromatic N) is 1. The summed E-state index contributed by atoms with van der Waals surface area (Å²) in [4.78, 5) is 12.0. The van der Waals surface area contributed by atoms with Gasteiger partial charge in [0.25, 0.3) is 0 Å². The van der Waals surface area contributed by atoms with Crippen LogP contribution in [0.15, 0.2) is 12.3 Å². The number of aromatic amines is 1. The molecule has 0 spiro atoms. The van der Waals surface area contributed by atoms with Crippen molar-refractivity contribution >= 4 is 5.91 Å². The Labute approximate surface area is 95.8 Å². The lowest BCUT2D eigenvalue weighted by atomic mass is 10.0. The topological polar surface area (TPSA) is 57.8 Å². The summed E-state index contributed by atoms with van der Waals surface area (Å²) in [5.74, 6) is 0.257. The third kappa shape index (κ3) is 1.52. The molecule has 1 aliphatic carbocycles. The molecule has 0 radical (unpaired) electrons. The molecule has 1 aromatic rings. The highest BCUT2D eigenvalue weighted by molar-refractivity contribution is 5.84. The van der Waals surface area contributed by atoms with Gasteiger partial charge in [-0.1, -0.05) is 27.7 Å². The molecule has 4 nitrogen and oxygen atoms in total. The van der Waals surface area contributed by atoms with Crippen molar-refractivity contribution in [2.75, 3.05) is 0 Å². The van der Waals surface area contributed by atoms with E-state index in [1.54, 1.807) is 6.20 Å². The van der Waals surface area contributed by atoms with Gasteiger partial charge in [0.1, 0.15) is 0 Å². The summed E-state index contributed by atoms with van der Waals surface area (Å²) in [6.45, 7) is 9.11. The molecule has 0 bridgehead atoms. The maximum absolute atomic E-state index is 12.0. The lowest BCUT2D eigenvalue weighted by Gasteiger charge is -2.04. The maximum atomic E-state index is 12.0. The number of aromatic nitrogens is 2. The summed E-state index contributed by atoms with van der Waals surface area (Å²) in [7, 11) is 0. The van der Waals surface area contributed by atoms with Crippen molar-refractivity contribution in [2.24, 2.45) is 16.7 Å². The molecule has 0 saturated heterocycles. The average Bonchev–Trinajstić information content (AvgIpc) is 2.61. The molecule has 1 saturated carbocycles. The van der Waals surface area contributed by atoms with E-state index < -0.39 is 0 Å². The van der Waals surface area contributed by atoms with E-state index in [4.69, 9.17) is 0 Å². The molecule has 16 heavy (non-hydrogen) atoms. The van der Waals surface area contributed by atoms with Crippen molar-refractivity contribution in [3.05, 3.63) is 18.0 Å². The maximum Gasteiger partial charge on any atom is 0.224 e. The second kappa shape index (κ2) is 3.34. The van der Waals surface area contributed by atoms with Crippen LogP contribution in [-0.2, 0) is 11.3 Å². The van der Waals surface area contributed by atoms with E-state index in [9.17, 15) is 4.79 Å². The number of rotatable bonds is 3. The van der Waals surface area contributed by atoms with Crippen LogP contribution >= 0.6 is 0 Å². The first-order chi connectivity index (χ1) is 7.37. The van der Waals surface area contributed by atoms with Gasteiger partial charge in [0, 0.05) is 12.1 Å². The van der Waals surface area contributed by atoms with Gasteiger partial charge in [0.05, 0.1) is 12.2 Å². The molecule has 1 aromatic heterocycles. The minimum Gasteiger partial charge on any atom is -0.350 e. The zero-order chi connectivity index (χ0) is 12.0. The molecule has 4 heteroatoms. The van der Waals surface area contributed by atoms with E-state index in [2.05, 4.69) is 43.2 Å². The lowest BCUT2D eigenvalue weighted by molar-refractivity contribution is -0.123. The SMILES string of the molecule is CC1(C)C(C(=O)NCc2ccn[nH]2)C1(C)C. The summed E-state index contributed by atoms with van der Waals surface area (Å²) in [6.07, 6.45) is 1.69. The summed E-state index contributed by atoms with van der Waals surface area (Å²) >= 11 is 0. The van der Waals surface area contributed by atoms with Crippen LogP contribution in [0.1, 0.15) is 33.4 Å². The van der Waals surface area contributed by atoms with E-state index in [1.807, 2.05) is 6.07 Å². The van der Waals surface area contributed by atoms with Gasteiger partial charge in [-0.25, -0.2) is 0 Å². The van der Waals surface area contributed by atoms with Gasteiger partial charge in [-0.05, 0) is 16.9 Å². The van der Waals surface area contributed by atoms with Crippen molar-refractivity contribution in [2.45, 2.75) is 34.2 Å². The second-order valence-electron chi connectivity index (χ2n) is 5.68. The van der Waals surface area contributed by atoms with Gasteiger partial charge >= 0.3 is 0 Å². The number of carbonyl (C=O) groups excluding carboxylic acids is 1. The zero-order valence-corrected chi connectivity index (χ0v) is 10.3. The Morgan fingerprint density at radius 2 is 2.06 bits per heavy atom. The molecule has 0 aromatic carbocycles. The Kier molecular flexibility index (Phi) is 2.33. The van der Waals surface area contributed by atoms with Gasteiger partial charge < -0.3 is 5.32 Å². The number of nitrogens with one attached hydrogen (secondary N) is 2. The molecule has 1 fully saturated rings. The van der Waals surface area contributed by atoms with E-state index in [0.717, 1.165) is 5.69 Å². The minimum atomic E-state index is 0.102. The fourth-order valence-electron chi connectivity index (χ4n) is 2.52. The van der Waals surface area contributed by atoms with Crippen molar-refractivity contribution in [3.63, 3.8) is 0 Å². The third-order valence-electron chi connectivity index (χ3n) is 4.29. The first kappa shape index (κ1) is 11.2. The molecular formula is C12H19N3O. The molecule has 1 heterocycles. The summed E-state index contributed by atoms with van der Waals surface area (Å²) < 4.78 is 0. The Hall–Kier alpha value is -1.32. The Balaban J connectivity index is 1.91. The smallest absolute Gasteiger partial charge is 0.224 e. The average molecular weight is 221 g/mol. The van der Waals surface area contributed by atoms with Crippen LogP contribution < -0.4 is 5.32 Å². The molecule has 0 unspecified atom stereocenters. The molecule has 0 atom stereocenters. The van der Waals surface area contributed by atoms with Crippen molar-refractivity contribution in [3.8, 4) is 0 Å². The zero-order valence-electron chi connectivity index (χ0n) is 10.3. The van der Waals surface area contributed by atoms with Gasteiger partial charge in [0.2, 0.25) is 5.91 Å². The summed E-state index contributed by atoms with van der Waals surface area (Å²) in [5, 5.41) is 9.62. The van der Waals surface area contributed by atoms with Crippen molar-refractivity contribution in [1.29, 1.82) is 0 Å². The van der Waals surface area contributed by atoms with E-state index in [-0.39, 0.29) is 22.7 Å². The number of carbonyl (C=O) groups is 1. The van der Waals surface area contributed by atoms with Crippen molar-refractivity contribution in [1.82, 2.24) is 15.5 Å². The molecule has 2 N–H and O–H groups in total. The standard InChI is InChI=1S/C12H19N3O/c1-11(2)9(12(11,3)4)10(16)13-7-8-5-6-14-15-8/h5-6,9H,7H2,1-4H3,(H,13,16)(H,14,15). The molecule has 88 valence electrons. The summed E-state index contributed by atoms with van der Waals surface area (Å²) in [6, 6.07) is 1.86. The molecule has 2 rings (SSSR count). The largest absolute Gasteiger partial charge is 0.350 e. The van der Waals surface area contributed by atoms with E-state index in [1.165, 1.54) is 0 Å². The number of amides is 1. The van der Waals surface area contributed by atoms with Gasteiger partial charge in [-0.15, -0.1) is 0 Å². The lowest BCUT2D eigenvalue weighted by Crippen LogP contribution is -2.27. The van der Waals surface area contributed by atoms with Crippen LogP contribution in [0.25, 0.3) is 0 Å². The molecular weight excluding hydrogens is 202 g/mol. The van der Waals surface area contributed by atoms with E-state index in [0.29, 0.717) is 6.54 Å². The number of H-pyrrole nitrogens is 1. The highest BCUT2D eigenvalue weighted by atomic mass is 16.2. The van der Waals surface area contributed by atoms with Crippen LogP contribution in [0, 0.1) is 16.7 Å². The predicted octanol–water partition coefficient (Wildman–Crippen LogP) is 1.71. The van der Waals surface area contributed by atoms with Crippen LogP contribution in [-0.4, -0.2) is 16.1 Å². The van der Waals surface area contributed by atoms with Crippen LogP contribution in [0.3, 0.4) is 0 Å². The Morgan fingerprint density at radius 3 is 2.50 bits per heavy atom. The van der Waals surface area contributed by atoms with Crippen LogP contribution in [0.2, 0.25) is 0 Å². The van der Waals surface area contributed by atoms with Crippen molar-refractivity contribution < 1.29 is 4.79 Å². The number of hydrogen-bond donors (Lipinski definition) is 2. The fourth-order valence-corrected chi connectivity index (χ4v) is 2.52. The van der Waals surface area contributed by atoms with Crippen LogP contribution in [0.5, 0.6) is 0 Å². The monoisotopic (exact) mass is 221 g/mol. The number of hydrogen-bond acceptors (Lipinski definition) is 2. The molecule has 1 aliphatic rings.